The number of hydrogen-bond donors (Lipinski definition) is 1. The standard InChI is InChI=1S/C17H34N2/c1-4-15-6-8-16(9-7-15)13-19-11-10-17(18-5-2)14(3)12-19/h14-18H,4-13H2,1-3H3. The summed E-state index contributed by atoms with van der Waals surface area (Å²) >= 11 is 0. The van der Waals surface area contributed by atoms with Crippen LogP contribution in [0, 0.1) is 17.8 Å². The lowest BCUT2D eigenvalue weighted by Crippen LogP contribution is -2.49. The summed E-state index contributed by atoms with van der Waals surface area (Å²) in [5.41, 5.74) is 0. The van der Waals surface area contributed by atoms with E-state index in [4.69, 9.17) is 0 Å². The quantitative estimate of drug-likeness (QED) is 0.819. The van der Waals surface area contributed by atoms with E-state index in [9.17, 15) is 0 Å². The lowest BCUT2D eigenvalue weighted by Gasteiger charge is -2.40. The van der Waals surface area contributed by atoms with Gasteiger partial charge in [-0.25, -0.2) is 0 Å². The Morgan fingerprint density at radius 2 is 1.68 bits per heavy atom. The summed E-state index contributed by atoms with van der Waals surface area (Å²) in [6.07, 6.45) is 8.70. The largest absolute Gasteiger partial charge is 0.314 e. The van der Waals surface area contributed by atoms with Gasteiger partial charge in [-0.15, -0.1) is 0 Å². The smallest absolute Gasteiger partial charge is 0.0117 e. The third-order valence-electron chi connectivity index (χ3n) is 5.52. The van der Waals surface area contributed by atoms with Gasteiger partial charge in [-0.2, -0.15) is 0 Å². The van der Waals surface area contributed by atoms with Crippen molar-refractivity contribution in [1.29, 1.82) is 0 Å². The summed E-state index contributed by atoms with van der Waals surface area (Å²) in [6, 6.07) is 0.761. The van der Waals surface area contributed by atoms with Crippen molar-refractivity contribution < 1.29 is 0 Å². The minimum atomic E-state index is 0.761. The van der Waals surface area contributed by atoms with E-state index in [2.05, 4.69) is 31.0 Å². The van der Waals surface area contributed by atoms with Gasteiger partial charge >= 0.3 is 0 Å². The molecule has 112 valence electrons. The molecule has 0 aromatic carbocycles. The molecule has 2 atom stereocenters. The molecule has 2 heteroatoms. The van der Waals surface area contributed by atoms with Gasteiger partial charge in [-0.05, 0) is 50.1 Å². The fourth-order valence-corrected chi connectivity index (χ4v) is 4.15. The molecule has 0 aromatic heterocycles. The maximum Gasteiger partial charge on any atom is 0.0117 e. The van der Waals surface area contributed by atoms with Gasteiger partial charge in [0.2, 0.25) is 0 Å². The molecule has 1 aliphatic heterocycles. The van der Waals surface area contributed by atoms with Crippen molar-refractivity contribution in [2.45, 2.75) is 65.3 Å². The van der Waals surface area contributed by atoms with Crippen molar-refractivity contribution >= 4 is 0 Å². The second-order valence-electron chi connectivity index (χ2n) is 6.98. The first-order valence-electron chi connectivity index (χ1n) is 8.68. The SMILES string of the molecule is CCNC1CCN(CC2CCC(CC)CC2)CC1C. The second-order valence-corrected chi connectivity index (χ2v) is 6.98. The summed E-state index contributed by atoms with van der Waals surface area (Å²) in [4.78, 5) is 2.75. The highest BCUT2D eigenvalue weighted by molar-refractivity contribution is 4.84. The van der Waals surface area contributed by atoms with Crippen LogP contribution in [0.15, 0.2) is 0 Å². The lowest BCUT2D eigenvalue weighted by molar-refractivity contribution is 0.112. The summed E-state index contributed by atoms with van der Waals surface area (Å²) in [7, 11) is 0. The van der Waals surface area contributed by atoms with Crippen LogP contribution in [-0.2, 0) is 0 Å². The molecule has 2 rings (SSSR count). The second kappa shape index (κ2) is 7.64. The van der Waals surface area contributed by atoms with Crippen molar-refractivity contribution in [3.05, 3.63) is 0 Å². The van der Waals surface area contributed by atoms with E-state index in [1.54, 1.807) is 0 Å². The van der Waals surface area contributed by atoms with E-state index < -0.39 is 0 Å². The van der Waals surface area contributed by atoms with Crippen LogP contribution < -0.4 is 5.32 Å². The summed E-state index contributed by atoms with van der Waals surface area (Å²) in [6.45, 7) is 12.1. The Bertz CT molecular complexity index is 246. The molecule has 1 saturated heterocycles. The Balaban J connectivity index is 1.70. The minimum absolute atomic E-state index is 0.761. The van der Waals surface area contributed by atoms with Crippen molar-refractivity contribution in [1.82, 2.24) is 10.2 Å². The monoisotopic (exact) mass is 266 g/mol. The zero-order chi connectivity index (χ0) is 13.7. The predicted octanol–water partition coefficient (Wildman–Crippen LogP) is 3.52. The van der Waals surface area contributed by atoms with Crippen molar-refractivity contribution in [3.63, 3.8) is 0 Å². The highest BCUT2D eigenvalue weighted by atomic mass is 15.1. The van der Waals surface area contributed by atoms with Crippen LogP contribution in [0.3, 0.4) is 0 Å². The van der Waals surface area contributed by atoms with E-state index in [0.29, 0.717) is 0 Å². The van der Waals surface area contributed by atoms with E-state index in [0.717, 1.165) is 30.3 Å². The number of rotatable bonds is 5. The number of likely N-dealkylation sites (tertiary alicyclic amines) is 1. The van der Waals surface area contributed by atoms with Crippen LogP contribution in [0.4, 0.5) is 0 Å². The normalized spacial score (nSPS) is 37.4. The molecule has 0 amide bonds. The van der Waals surface area contributed by atoms with Crippen LogP contribution in [0.2, 0.25) is 0 Å². The van der Waals surface area contributed by atoms with Gasteiger partial charge in [0.25, 0.3) is 0 Å². The molecule has 0 radical (unpaired) electrons. The molecule has 2 aliphatic rings. The molecule has 0 bridgehead atoms. The van der Waals surface area contributed by atoms with Crippen LogP contribution in [0.5, 0.6) is 0 Å². The van der Waals surface area contributed by atoms with Gasteiger partial charge in [-0.3, -0.25) is 0 Å². The Hall–Kier alpha value is -0.0800. The number of piperidine rings is 1. The molecular weight excluding hydrogens is 232 g/mol. The van der Waals surface area contributed by atoms with Gasteiger partial charge < -0.3 is 10.2 Å². The van der Waals surface area contributed by atoms with Gasteiger partial charge in [-0.1, -0.05) is 40.0 Å². The van der Waals surface area contributed by atoms with Gasteiger partial charge in [0.15, 0.2) is 0 Å². The molecule has 2 unspecified atom stereocenters. The average molecular weight is 266 g/mol. The third-order valence-corrected chi connectivity index (χ3v) is 5.52. The molecule has 19 heavy (non-hydrogen) atoms. The molecule has 0 spiro atoms. The maximum atomic E-state index is 3.65. The Morgan fingerprint density at radius 3 is 2.26 bits per heavy atom. The average Bonchev–Trinajstić information content (AvgIpc) is 2.43. The molecular formula is C17H34N2. The summed E-state index contributed by atoms with van der Waals surface area (Å²) in [5, 5.41) is 3.65. The minimum Gasteiger partial charge on any atom is -0.314 e. The van der Waals surface area contributed by atoms with E-state index in [-0.39, 0.29) is 0 Å². The molecule has 1 heterocycles. The molecule has 1 aliphatic carbocycles. The maximum absolute atomic E-state index is 3.65. The van der Waals surface area contributed by atoms with Crippen LogP contribution in [0.25, 0.3) is 0 Å². The zero-order valence-corrected chi connectivity index (χ0v) is 13.3. The van der Waals surface area contributed by atoms with E-state index >= 15 is 0 Å². The van der Waals surface area contributed by atoms with Crippen molar-refractivity contribution in [2.24, 2.45) is 17.8 Å². The first kappa shape index (κ1) is 15.3. The zero-order valence-electron chi connectivity index (χ0n) is 13.3. The molecule has 1 saturated carbocycles. The first-order valence-corrected chi connectivity index (χ1v) is 8.68. The molecule has 1 N–H and O–H groups in total. The van der Waals surface area contributed by atoms with E-state index in [1.807, 2.05) is 0 Å². The highest BCUT2D eigenvalue weighted by Gasteiger charge is 2.28. The fourth-order valence-electron chi connectivity index (χ4n) is 4.15. The van der Waals surface area contributed by atoms with Gasteiger partial charge in [0.1, 0.15) is 0 Å². The highest BCUT2D eigenvalue weighted by Crippen LogP contribution is 2.31. The van der Waals surface area contributed by atoms with E-state index in [1.165, 1.54) is 58.2 Å². The topological polar surface area (TPSA) is 15.3 Å². The van der Waals surface area contributed by atoms with Gasteiger partial charge in [0, 0.05) is 19.1 Å². The molecule has 2 fully saturated rings. The van der Waals surface area contributed by atoms with Gasteiger partial charge in [0.05, 0.1) is 0 Å². The Kier molecular flexibility index (Phi) is 6.15. The Labute approximate surface area is 120 Å². The third kappa shape index (κ3) is 4.46. The van der Waals surface area contributed by atoms with Crippen LogP contribution >= 0.6 is 0 Å². The summed E-state index contributed by atoms with van der Waals surface area (Å²) < 4.78 is 0. The van der Waals surface area contributed by atoms with Crippen LogP contribution in [-0.4, -0.2) is 37.1 Å². The fraction of sp³-hybridized carbons (Fsp3) is 1.00. The summed E-state index contributed by atoms with van der Waals surface area (Å²) in [5.74, 6) is 2.85. The molecule has 2 nitrogen and oxygen atoms in total. The number of hydrogen-bond acceptors (Lipinski definition) is 2. The Morgan fingerprint density at radius 1 is 1.00 bits per heavy atom. The van der Waals surface area contributed by atoms with Crippen molar-refractivity contribution in [2.75, 3.05) is 26.2 Å². The van der Waals surface area contributed by atoms with Crippen LogP contribution in [0.1, 0.15) is 59.3 Å². The lowest BCUT2D eigenvalue weighted by atomic mass is 9.80. The predicted molar refractivity (Wildman–Crippen MR) is 83.4 cm³/mol. The number of nitrogens with zero attached hydrogens (tertiary/aromatic N) is 1. The van der Waals surface area contributed by atoms with Crippen molar-refractivity contribution in [3.8, 4) is 0 Å². The number of nitrogens with one attached hydrogen (secondary N) is 1. The molecule has 0 aromatic rings. The first-order chi connectivity index (χ1) is 9.22.